The van der Waals surface area contributed by atoms with E-state index < -0.39 is 0 Å². The number of pyridine rings is 1. The average Bonchev–Trinajstić information content (AvgIpc) is 2.72. The number of rotatable bonds is 1. The topological polar surface area (TPSA) is 30.2 Å². The highest BCUT2D eigenvalue weighted by Crippen LogP contribution is 2.28. The maximum absolute atomic E-state index is 6.12. The van der Waals surface area contributed by atoms with Crippen molar-refractivity contribution in [3.63, 3.8) is 0 Å². The molecular formula is C12H7Cl2N3. The summed E-state index contributed by atoms with van der Waals surface area (Å²) in [5, 5.41) is 5.50. The Bertz CT molecular complexity index is 658. The number of fused-ring (bicyclic) bond motifs is 1. The summed E-state index contributed by atoms with van der Waals surface area (Å²) < 4.78 is 1.71. The van der Waals surface area contributed by atoms with Crippen LogP contribution in [0.25, 0.3) is 17.0 Å². The van der Waals surface area contributed by atoms with E-state index in [1.54, 1.807) is 16.6 Å². The van der Waals surface area contributed by atoms with Crippen molar-refractivity contribution in [1.29, 1.82) is 0 Å². The van der Waals surface area contributed by atoms with Crippen LogP contribution in [0.15, 0.2) is 42.6 Å². The van der Waals surface area contributed by atoms with E-state index >= 15 is 0 Å². The van der Waals surface area contributed by atoms with Gasteiger partial charge in [0.25, 0.3) is 0 Å². The zero-order valence-corrected chi connectivity index (χ0v) is 10.2. The highest BCUT2D eigenvalue weighted by molar-refractivity contribution is 6.36. The highest BCUT2D eigenvalue weighted by atomic mass is 35.5. The van der Waals surface area contributed by atoms with E-state index in [1.165, 1.54) is 0 Å². The van der Waals surface area contributed by atoms with Gasteiger partial charge in [-0.15, -0.1) is 5.10 Å². The molecule has 0 aliphatic rings. The van der Waals surface area contributed by atoms with E-state index in [-0.39, 0.29) is 0 Å². The molecule has 0 unspecified atom stereocenters. The maximum Gasteiger partial charge on any atom is 0.183 e. The Kier molecular flexibility index (Phi) is 2.50. The molecule has 0 saturated heterocycles. The Morgan fingerprint density at radius 1 is 1.06 bits per heavy atom. The van der Waals surface area contributed by atoms with Gasteiger partial charge in [0.2, 0.25) is 0 Å². The minimum Gasteiger partial charge on any atom is -0.221 e. The number of nitrogens with zero attached hydrogens (tertiary/aromatic N) is 3. The van der Waals surface area contributed by atoms with E-state index in [1.807, 2.05) is 30.5 Å². The standard InChI is InChI=1S/C12H7Cl2N3/c13-8-4-5-9(10(14)7-8)12-15-11-3-1-2-6-17(11)16-12/h1-7H. The predicted molar refractivity (Wildman–Crippen MR) is 68.4 cm³/mol. The Balaban J connectivity index is 2.20. The molecule has 1 aromatic carbocycles. The van der Waals surface area contributed by atoms with Gasteiger partial charge in [-0.2, -0.15) is 0 Å². The van der Waals surface area contributed by atoms with Gasteiger partial charge in [-0.3, -0.25) is 0 Å². The Morgan fingerprint density at radius 2 is 1.94 bits per heavy atom. The van der Waals surface area contributed by atoms with Gasteiger partial charge in [0.15, 0.2) is 11.5 Å². The first-order chi connectivity index (χ1) is 8.24. The van der Waals surface area contributed by atoms with Crippen molar-refractivity contribution in [2.24, 2.45) is 0 Å². The molecular weight excluding hydrogens is 257 g/mol. The number of halogens is 2. The second-order valence-corrected chi connectivity index (χ2v) is 4.41. The number of hydrogen-bond donors (Lipinski definition) is 0. The highest BCUT2D eigenvalue weighted by Gasteiger charge is 2.09. The first-order valence-electron chi connectivity index (χ1n) is 5.01. The Labute approximate surface area is 108 Å². The van der Waals surface area contributed by atoms with Gasteiger partial charge in [-0.1, -0.05) is 29.3 Å². The fourth-order valence-corrected chi connectivity index (χ4v) is 2.11. The first kappa shape index (κ1) is 10.6. The van der Waals surface area contributed by atoms with E-state index in [0.717, 1.165) is 11.2 Å². The Morgan fingerprint density at radius 3 is 2.71 bits per heavy atom. The van der Waals surface area contributed by atoms with Gasteiger partial charge in [-0.25, -0.2) is 9.50 Å². The van der Waals surface area contributed by atoms with Crippen molar-refractivity contribution >= 4 is 28.8 Å². The van der Waals surface area contributed by atoms with Gasteiger partial charge in [0, 0.05) is 16.8 Å². The third kappa shape index (κ3) is 1.88. The van der Waals surface area contributed by atoms with Crippen molar-refractivity contribution in [3.8, 4) is 11.4 Å². The fraction of sp³-hybridized carbons (Fsp3) is 0. The third-order valence-electron chi connectivity index (χ3n) is 2.41. The Hall–Kier alpha value is -1.58. The lowest BCUT2D eigenvalue weighted by molar-refractivity contribution is 0.966. The lowest BCUT2D eigenvalue weighted by Gasteiger charge is -1.98. The van der Waals surface area contributed by atoms with E-state index in [2.05, 4.69) is 10.1 Å². The van der Waals surface area contributed by atoms with Crippen LogP contribution in [0.1, 0.15) is 0 Å². The normalized spacial score (nSPS) is 10.9. The van der Waals surface area contributed by atoms with Crippen LogP contribution in [-0.4, -0.2) is 14.6 Å². The third-order valence-corrected chi connectivity index (χ3v) is 2.96. The molecule has 0 N–H and O–H groups in total. The average molecular weight is 264 g/mol. The van der Waals surface area contributed by atoms with Crippen LogP contribution in [-0.2, 0) is 0 Å². The lowest BCUT2D eigenvalue weighted by atomic mass is 10.2. The largest absolute Gasteiger partial charge is 0.221 e. The molecule has 0 aliphatic heterocycles. The van der Waals surface area contributed by atoms with E-state index in [9.17, 15) is 0 Å². The molecule has 0 aliphatic carbocycles. The number of aromatic nitrogens is 3. The van der Waals surface area contributed by atoms with Crippen LogP contribution >= 0.6 is 23.2 Å². The van der Waals surface area contributed by atoms with Crippen LogP contribution < -0.4 is 0 Å². The van der Waals surface area contributed by atoms with Crippen molar-refractivity contribution in [2.45, 2.75) is 0 Å². The zero-order chi connectivity index (χ0) is 11.8. The van der Waals surface area contributed by atoms with Gasteiger partial charge >= 0.3 is 0 Å². The second kappa shape index (κ2) is 4.02. The van der Waals surface area contributed by atoms with Crippen LogP contribution in [0.2, 0.25) is 10.0 Å². The first-order valence-corrected chi connectivity index (χ1v) is 5.76. The smallest absolute Gasteiger partial charge is 0.183 e. The van der Waals surface area contributed by atoms with Crippen LogP contribution in [0.5, 0.6) is 0 Å². The molecule has 0 radical (unpaired) electrons. The van der Waals surface area contributed by atoms with E-state index in [4.69, 9.17) is 23.2 Å². The van der Waals surface area contributed by atoms with Crippen molar-refractivity contribution in [2.75, 3.05) is 0 Å². The van der Waals surface area contributed by atoms with Gasteiger partial charge < -0.3 is 0 Å². The molecule has 0 spiro atoms. The number of benzene rings is 1. The van der Waals surface area contributed by atoms with Crippen molar-refractivity contribution in [3.05, 3.63) is 52.6 Å². The molecule has 0 atom stereocenters. The molecule has 3 rings (SSSR count). The van der Waals surface area contributed by atoms with Crippen molar-refractivity contribution in [1.82, 2.24) is 14.6 Å². The summed E-state index contributed by atoms with van der Waals surface area (Å²) in [6.45, 7) is 0. The molecule has 2 heterocycles. The van der Waals surface area contributed by atoms with Crippen molar-refractivity contribution < 1.29 is 0 Å². The molecule has 84 valence electrons. The summed E-state index contributed by atoms with van der Waals surface area (Å²) in [4.78, 5) is 4.40. The summed E-state index contributed by atoms with van der Waals surface area (Å²) in [6.07, 6.45) is 1.84. The number of hydrogen-bond acceptors (Lipinski definition) is 2. The summed E-state index contributed by atoms with van der Waals surface area (Å²) in [7, 11) is 0. The van der Waals surface area contributed by atoms with Crippen LogP contribution in [0.4, 0.5) is 0 Å². The van der Waals surface area contributed by atoms with Crippen LogP contribution in [0.3, 0.4) is 0 Å². The van der Waals surface area contributed by atoms with Gasteiger partial charge in [0.05, 0.1) is 5.02 Å². The molecule has 3 nitrogen and oxygen atoms in total. The summed E-state index contributed by atoms with van der Waals surface area (Å²) in [5.41, 5.74) is 1.56. The predicted octanol–water partition coefficient (Wildman–Crippen LogP) is 3.70. The molecule has 0 amide bonds. The lowest BCUT2D eigenvalue weighted by Crippen LogP contribution is -1.85. The van der Waals surface area contributed by atoms with E-state index in [0.29, 0.717) is 15.9 Å². The summed E-state index contributed by atoms with van der Waals surface area (Å²) in [6, 6.07) is 11.0. The quantitative estimate of drug-likeness (QED) is 0.670. The van der Waals surface area contributed by atoms with Gasteiger partial charge in [-0.05, 0) is 30.3 Å². The molecule has 0 saturated carbocycles. The molecule has 0 fully saturated rings. The second-order valence-electron chi connectivity index (χ2n) is 3.56. The zero-order valence-electron chi connectivity index (χ0n) is 8.64. The summed E-state index contributed by atoms with van der Waals surface area (Å²) in [5.74, 6) is 0.595. The summed E-state index contributed by atoms with van der Waals surface area (Å²) >= 11 is 12.0. The molecule has 17 heavy (non-hydrogen) atoms. The minimum absolute atomic E-state index is 0.549. The fourth-order valence-electron chi connectivity index (χ4n) is 1.62. The van der Waals surface area contributed by atoms with Gasteiger partial charge in [0.1, 0.15) is 0 Å². The molecule has 3 aromatic rings. The SMILES string of the molecule is Clc1ccc(-c2nc3ccccn3n2)c(Cl)c1. The van der Waals surface area contributed by atoms with Crippen LogP contribution in [0, 0.1) is 0 Å². The minimum atomic E-state index is 0.549. The molecule has 2 aromatic heterocycles. The molecule has 0 bridgehead atoms. The molecule has 5 heteroatoms. The maximum atomic E-state index is 6.12. The monoisotopic (exact) mass is 263 g/mol.